The summed E-state index contributed by atoms with van der Waals surface area (Å²) >= 11 is 8.89. The number of aliphatic hydroxyl groups excluding tert-OH is 1. The van der Waals surface area contributed by atoms with E-state index in [1.54, 1.807) is 6.07 Å². The number of H-pyrrole nitrogens is 1. The fraction of sp³-hybridized carbons (Fsp3) is 0.125. The van der Waals surface area contributed by atoms with Crippen molar-refractivity contribution in [1.82, 2.24) is 15.2 Å². The third-order valence-electron chi connectivity index (χ3n) is 3.72. The van der Waals surface area contributed by atoms with Crippen LogP contribution in [0.25, 0.3) is 11.3 Å². The molecular weight excluding hydrogens is 437 g/mol. The fourth-order valence-corrected chi connectivity index (χ4v) is 3.05. The molecule has 0 saturated carbocycles. The number of pyridine rings is 1. The number of aromatic amines is 1. The molecule has 10 heteroatoms. The van der Waals surface area contributed by atoms with Gasteiger partial charge in [0.25, 0.3) is 0 Å². The molecule has 0 aliphatic heterocycles. The number of halogens is 5. The van der Waals surface area contributed by atoms with Gasteiger partial charge in [0, 0.05) is 33.6 Å². The molecule has 1 unspecified atom stereocenters. The van der Waals surface area contributed by atoms with E-state index in [0.29, 0.717) is 10.0 Å². The number of nitrogen functional groups attached to an aromatic ring is 1. The Morgan fingerprint density at radius 3 is 2.65 bits per heavy atom. The van der Waals surface area contributed by atoms with Gasteiger partial charge in [-0.05, 0) is 34.1 Å². The first-order chi connectivity index (χ1) is 12.2. The molecule has 136 valence electrons. The van der Waals surface area contributed by atoms with Crippen molar-refractivity contribution in [2.45, 2.75) is 12.3 Å². The van der Waals surface area contributed by atoms with Gasteiger partial charge in [-0.3, -0.25) is 5.10 Å². The van der Waals surface area contributed by atoms with Crippen molar-refractivity contribution < 1.29 is 18.3 Å². The molecule has 0 spiro atoms. The van der Waals surface area contributed by atoms with Gasteiger partial charge in [-0.15, -0.1) is 0 Å². The van der Waals surface area contributed by atoms with Crippen LogP contribution in [0.1, 0.15) is 22.8 Å². The van der Waals surface area contributed by atoms with E-state index in [1.165, 1.54) is 18.5 Å². The zero-order chi connectivity index (χ0) is 19.1. The number of aliphatic hydroxyl groups is 1. The molecule has 3 aromatic rings. The molecule has 0 bridgehead atoms. The van der Waals surface area contributed by atoms with Crippen molar-refractivity contribution in [3.8, 4) is 11.3 Å². The fourth-order valence-electron chi connectivity index (χ4n) is 2.48. The maximum atomic E-state index is 13.1. The van der Waals surface area contributed by atoms with E-state index in [9.17, 15) is 18.3 Å². The second-order valence-corrected chi connectivity index (χ2v) is 6.73. The number of alkyl halides is 3. The summed E-state index contributed by atoms with van der Waals surface area (Å²) in [7, 11) is 0. The van der Waals surface area contributed by atoms with Crippen LogP contribution in [-0.2, 0) is 6.18 Å². The first-order valence-corrected chi connectivity index (χ1v) is 8.35. The minimum atomic E-state index is -4.61. The number of aromatic nitrogens is 3. The second-order valence-electron chi connectivity index (χ2n) is 5.41. The minimum Gasteiger partial charge on any atom is -0.383 e. The molecule has 26 heavy (non-hydrogen) atoms. The Hall–Kier alpha value is -2.10. The average Bonchev–Trinajstić information content (AvgIpc) is 3.05. The number of rotatable bonds is 3. The molecule has 2 aromatic heterocycles. The minimum absolute atomic E-state index is 0.0972. The van der Waals surface area contributed by atoms with Crippen molar-refractivity contribution in [2.24, 2.45) is 0 Å². The molecule has 1 atom stereocenters. The molecule has 0 saturated heterocycles. The van der Waals surface area contributed by atoms with Crippen LogP contribution >= 0.6 is 27.5 Å². The number of nitrogens with zero attached hydrogens (tertiary/aromatic N) is 2. The van der Waals surface area contributed by atoms with Gasteiger partial charge in [0.05, 0.1) is 16.3 Å². The molecule has 0 aliphatic rings. The lowest BCUT2D eigenvalue weighted by molar-refractivity contribution is -0.137. The molecule has 0 amide bonds. The second kappa shape index (κ2) is 6.90. The van der Waals surface area contributed by atoms with Crippen molar-refractivity contribution in [2.75, 3.05) is 5.73 Å². The van der Waals surface area contributed by atoms with E-state index in [1.807, 2.05) is 0 Å². The maximum Gasteiger partial charge on any atom is 0.417 e. The Balaban J connectivity index is 2.08. The van der Waals surface area contributed by atoms with Crippen LogP contribution in [0, 0.1) is 0 Å². The van der Waals surface area contributed by atoms with E-state index in [4.69, 9.17) is 17.3 Å². The summed E-state index contributed by atoms with van der Waals surface area (Å²) in [5, 5.41) is 16.8. The van der Waals surface area contributed by atoms with Crippen LogP contribution in [-0.4, -0.2) is 20.3 Å². The Kier molecular flexibility index (Phi) is 4.96. The summed E-state index contributed by atoms with van der Waals surface area (Å²) in [5.74, 6) is 0.0972. The van der Waals surface area contributed by atoms with Crippen molar-refractivity contribution in [3.63, 3.8) is 0 Å². The average molecular weight is 448 g/mol. The smallest absolute Gasteiger partial charge is 0.383 e. The molecular formula is C16H11BrClF3N4O. The third-order valence-corrected chi connectivity index (χ3v) is 4.48. The highest BCUT2D eigenvalue weighted by Crippen LogP contribution is 2.39. The lowest BCUT2D eigenvalue weighted by atomic mass is 9.98. The van der Waals surface area contributed by atoms with Crippen molar-refractivity contribution in [1.29, 1.82) is 0 Å². The summed E-state index contributed by atoms with van der Waals surface area (Å²) in [6.45, 7) is 0. The van der Waals surface area contributed by atoms with Crippen molar-refractivity contribution in [3.05, 3.63) is 62.8 Å². The van der Waals surface area contributed by atoms with Crippen LogP contribution in [0.3, 0.4) is 0 Å². The molecule has 2 heterocycles. The number of hydrogen-bond donors (Lipinski definition) is 3. The molecule has 3 rings (SSSR count). The normalized spacial score (nSPS) is 13.0. The molecule has 0 aliphatic carbocycles. The highest BCUT2D eigenvalue weighted by Gasteiger charge is 2.34. The van der Waals surface area contributed by atoms with Gasteiger partial charge in [-0.25, -0.2) is 4.98 Å². The number of benzene rings is 1. The van der Waals surface area contributed by atoms with Gasteiger partial charge < -0.3 is 10.8 Å². The zero-order valence-electron chi connectivity index (χ0n) is 12.9. The molecule has 1 aromatic carbocycles. The van der Waals surface area contributed by atoms with Crippen LogP contribution in [0.4, 0.5) is 19.0 Å². The van der Waals surface area contributed by atoms with Gasteiger partial charge in [-0.1, -0.05) is 17.7 Å². The van der Waals surface area contributed by atoms with Gasteiger partial charge in [-0.2, -0.15) is 18.3 Å². The Morgan fingerprint density at radius 2 is 1.96 bits per heavy atom. The molecule has 0 radical (unpaired) electrons. The highest BCUT2D eigenvalue weighted by molar-refractivity contribution is 9.10. The van der Waals surface area contributed by atoms with Crippen LogP contribution in [0.2, 0.25) is 5.02 Å². The Bertz CT molecular complexity index is 961. The predicted molar refractivity (Wildman–Crippen MR) is 94.4 cm³/mol. The number of anilines is 1. The number of hydrogen-bond acceptors (Lipinski definition) is 4. The molecule has 5 nitrogen and oxygen atoms in total. The maximum absolute atomic E-state index is 13.1. The highest BCUT2D eigenvalue weighted by atomic mass is 79.9. The van der Waals surface area contributed by atoms with E-state index in [-0.39, 0.29) is 22.6 Å². The van der Waals surface area contributed by atoms with Crippen LogP contribution in [0.15, 0.2) is 41.1 Å². The topological polar surface area (TPSA) is 87.8 Å². The molecule has 0 fully saturated rings. The van der Waals surface area contributed by atoms with Crippen LogP contribution < -0.4 is 5.73 Å². The third kappa shape index (κ3) is 3.55. The van der Waals surface area contributed by atoms with E-state index in [2.05, 4.69) is 31.1 Å². The first-order valence-electron chi connectivity index (χ1n) is 7.18. The summed E-state index contributed by atoms with van der Waals surface area (Å²) in [4.78, 5) is 3.94. The first kappa shape index (κ1) is 18.7. The van der Waals surface area contributed by atoms with Gasteiger partial charge in [0.2, 0.25) is 0 Å². The summed E-state index contributed by atoms with van der Waals surface area (Å²) < 4.78 is 39.9. The monoisotopic (exact) mass is 446 g/mol. The number of nitrogens with two attached hydrogens (primary N) is 1. The zero-order valence-corrected chi connectivity index (χ0v) is 15.2. The van der Waals surface area contributed by atoms with Gasteiger partial charge in [0.1, 0.15) is 11.9 Å². The van der Waals surface area contributed by atoms with Crippen LogP contribution in [0.5, 0.6) is 0 Å². The van der Waals surface area contributed by atoms with Gasteiger partial charge >= 0.3 is 6.18 Å². The van der Waals surface area contributed by atoms with Gasteiger partial charge in [0.15, 0.2) is 0 Å². The Morgan fingerprint density at radius 1 is 1.23 bits per heavy atom. The quantitative estimate of drug-likeness (QED) is 0.549. The molecule has 4 N–H and O–H groups in total. The van der Waals surface area contributed by atoms with E-state index >= 15 is 0 Å². The lowest BCUT2D eigenvalue weighted by Crippen LogP contribution is -2.07. The predicted octanol–water partition coefficient (Wildman–Crippen LogP) is 4.57. The van der Waals surface area contributed by atoms with Crippen molar-refractivity contribution >= 4 is 33.3 Å². The number of nitrogens with one attached hydrogen (secondary N) is 1. The largest absolute Gasteiger partial charge is 0.417 e. The lowest BCUT2D eigenvalue weighted by Gasteiger charge is -2.15. The summed E-state index contributed by atoms with van der Waals surface area (Å²) in [6, 6.07) is 5.00. The Labute approximate surface area is 159 Å². The standard InChI is InChI=1S/C16H11BrClF3N4O/c17-8-4-9(15(22)23-5-8)14(26)10-6-24-25-13(10)7-1-2-12(18)11(3-7)16(19,20)21/h1-6,14,26H,(H2,22,23)(H,24,25). The summed E-state index contributed by atoms with van der Waals surface area (Å²) in [6.07, 6.45) is -2.99. The van der Waals surface area contributed by atoms with E-state index in [0.717, 1.165) is 12.1 Å². The van der Waals surface area contributed by atoms with E-state index < -0.39 is 22.9 Å². The summed E-state index contributed by atoms with van der Waals surface area (Å²) in [5.41, 5.74) is 5.67. The SMILES string of the molecule is Nc1ncc(Br)cc1C(O)c1c[nH]nc1-c1ccc(Cl)c(C(F)(F)F)c1.